The van der Waals surface area contributed by atoms with E-state index in [1.54, 1.807) is 0 Å². The van der Waals surface area contributed by atoms with Crippen LogP contribution in [-0.4, -0.2) is 14.9 Å². The van der Waals surface area contributed by atoms with Gasteiger partial charge >= 0.3 is 11.6 Å². The minimum Gasteiger partial charge on any atom is -0.467 e. The Hall–Kier alpha value is -1.94. The van der Waals surface area contributed by atoms with Gasteiger partial charge in [0.25, 0.3) is 0 Å². The average molecular weight is 346 g/mol. The van der Waals surface area contributed by atoms with Gasteiger partial charge in [-0.15, -0.1) is 11.3 Å². The molecular weight excluding hydrogens is 338 g/mol. The van der Waals surface area contributed by atoms with E-state index in [9.17, 15) is 10.1 Å². The van der Waals surface area contributed by atoms with Crippen LogP contribution in [0.5, 0.6) is 5.88 Å². The number of hydrogen-bond donors (Lipinski definition) is 2. The van der Waals surface area contributed by atoms with E-state index < -0.39 is 10.6 Å². The minimum atomic E-state index is -0.700. The number of nitrogens with zero attached hydrogens (tertiary/aromatic N) is 3. The Morgan fingerprint density at radius 2 is 2.21 bits per heavy atom. The predicted octanol–water partition coefficient (Wildman–Crippen LogP) is 1.95. The molecule has 0 atom stereocenters. The number of nitro groups is 1. The molecule has 0 unspecified atom stereocenters. The summed E-state index contributed by atoms with van der Waals surface area (Å²) in [4.78, 5) is 18.3. The van der Waals surface area contributed by atoms with E-state index in [1.165, 1.54) is 11.3 Å². The molecule has 0 amide bonds. The molecule has 8 nitrogen and oxygen atoms in total. The SMILES string of the molecule is Nc1nc(N)c([N+](=O)[O-])c(OCc2cc(Br)cs2)n1. The third-order valence-electron chi connectivity index (χ3n) is 2.05. The summed E-state index contributed by atoms with van der Waals surface area (Å²) in [7, 11) is 0. The molecule has 2 heterocycles. The van der Waals surface area contributed by atoms with Gasteiger partial charge in [-0.1, -0.05) is 0 Å². The second-order valence-electron chi connectivity index (χ2n) is 3.40. The van der Waals surface area contributed by atoms with Gasteiger partial charge < -0.3 is 16.2 Å². The van der Waals surface area contributed by atoms with Crippen molar-refractivity contribution in [1.82, 2.24) is 9.97 Å². The summed E-state index contributed by atoms with van der Waals surface area (Å²) < 4.78 is 6.21. The molecule has 0 aliphatic carbocycles. The van der Waals surface area contributed by atoms with Crippen molar-refractivity contribution in [2.24, 2.45) is 0 Å². The molecule has 0 spiro atoms. The highest BCUT2D eigenvalue weighted by Gasteiger charge is 2.24. The van der Waals surface area contributed by atoms with Crippen LogP contribution in [0, 0.1) is 10.1 Å². The van der Waals surface area contributed by atoms with Crippen molar-refractivity contribution in [3.05, 3.63) is 30.9 Å². The topological polar surface area (TPSA) is 130 Å². The quantitative estimate of drug-likeness (QED) is 0.639. The van der Waals surface area contributed by atoms with Crippen molar-refractivity contribution < 1.29 is 9.66 Å². The molecule has 0 aromatic carbocycles. The van der Waals surface area contributed by atoms with Crippen molar-refractivity contribution in [1.29, 1.82) is 0 Å². The number of nitrogens with two attached hydrogens (primary N) is 2. The van der Waals surface area contributed by atoms with Gasteiger partial charge in [-0.2, -0.15) is 9.97 Å². The monoisotopic (exact) mass is 345 g/mol. The Labute approximate surface area is 119 Å². The molecule has 0 aliphatic heterocycles. The number of aromatic nitrogens is 2. The molecule has 10 heteroatoms. The summed E-state index contributed by atoms with van der Waals surface area (Å²) in [5.41, 5.74) is 10.3. The van der Waals surface area contributed by atoms with Crippen LogP contribution in [0.15, 0.2) is 15.9 Å². The van der Waals surface area contributed by atoms with Crippen molar-refractivity contribution in [3.63, 3.8) is 0 Å². The lowest BCUT2D eigenvalue weighted by Crippen LogP contribution is -2.08. The predicted molar refractivity (Wildman–Crippen MR) is 73.9 cm³/mol. The zero-order valence-electron chi connectivity index (χ0n) is 9.37. The summed E-state index contributed by atoms with van der Waals surface area (Å²) in [6, 6.07) is 1.84. The first-order valence-corrected chi connectivity index (χ1v) is 6.57. The van der Waals surface area contributed by atoms with Gasteiger partial charge in [-0.25, -0.2) is 0 Å². The number of ether oxygens (including phenoxy) is 1. The maximum atomic E-state index is 10.9. The van der Waals surface area contributed by atoms with Crippen LogP contribution in [0.1, 0.15) is 4.88 Å². The zero-order valence-corrected chi connectivity index (χ0v) is 11.8. The molecule has 19 heavy (non-hydrogen) atoms. The van der Waals surface area contributed by atoms with Crippen LogP contribution in [0.4, 0.5) is 17.5 Å². The number of hydrogen-bond acceptors (Lipinski definition) is 8. The fourth-order valence-electron chi connectivity index (χ4n) is 1.31. The molecule has 0 bridgehead atoms. The van der Waals surface area contributed by atoms with E-state index in [2.05, 4.69) is 25.9 Å². The molecule has 2 aromatic heterocycles. The molecule has 0 saturated carbocycles. The van der Waals surface area contributed by atoms with Gasteiger partial charge in [0.1, 0.15) is 6.61 Å². The van der Waals surface area contributed by atoms with Crippen LogP contribution in [0.2, 0.25) is 0 Å². The highest BCUT2D eigenvalue weighted by atomic mass is 79.9. The third-order valence-corrected chi connectivity index (χ3v) is 3.72. The molecule has 4 N–H and O–H groups in total. The molecule has 2 rings (SSSR count). The summed E-state index contributed by atoms with van der Waals surface area (Å²) >= 11 is 4.74. The first-order chi connectivity index (χ1) is 8.97. The molecular formula is C9H8BrN5O3S. The summed E-state index contributed by atoms with van der Waals surface area (Å²) in [6.45, 7) is 0.132. The Kier molecular flexibility index (Phi) is 3.81. The van der Waals surface area contributed by atoms with Crippen LogP contribution in [0.25, 0.3) is 0 Å². The zero-order chi connectivity index (χ0) is 14.0. The van der Waals surface area contributed by atoms with Gasteiger partial charge in [0, 0.05) is 14.7 Å². The first-order valence-electron chi connectivity index (χ1n) is 4.90. The summed E-state index contributed by atoms with van der Waals surface area (Å²) in [6.07, 6.45) is 0. The third kappa shape index (κ3) is 3.09. The Balaban J connectivity index is 2.26. The largest absolute Gasteiger partial charge is 0.467 e. The minimum absolute atomic E-state index is 0.132. The highest BCUT2D eigenvalue weighted by Crippen LogP contribution is 2.31. The van der Waals surface area contributed by atoms with Crippen molar-refractivity contribution in [2.45, 2.75) is 6.61 Å². The average Bonchev–Trinajstić information content (AvgIpc) is 2.71. The lowest BCUT2D eigenvalue weighted by Gasteiger charge is -2.06. The van der Waals surface area contributed by atoms with Crippen LogP contribution < -0.4 is 16.2 Å². The standard InChI is InChI=1S/C9H8BrN5O3S/c10-4-1-5(19-3-4)2-18-8-6(15(16)17)7(11)13-9(12)14-8/h1,3H,2H2,(H4,11,12,13,14). The van der Waals surface area contributed by atoms with Crippen LogP contribution >= 0.6 is 27.3 Å². The van der Waals surface area contributed by atoms with E-state index in [-0.39, 0.29) is 24.3 Å². The molecule has 0 saturated heterocycles. The number of rotatable bonds is 4. The molecule has 0 aliphatic rings. The fourth-order valence-corrected chi connectivity index (χ4v) is 2.67. The molecule has 100 valence electrons. The maximum absolute atomic E-state index is 10.9. The maximum Gasteiger partial charge on any atom is 0.372 e. The molecule has 0 radical (unpaired) electrons. The smallest absolute Gasteiger partial charge is 0.372 e. The Morgan fingerprint density at radius 1 is 1.47 bits per heavy atom. The lowest BCUT2D eigenvalue weighted by atomic mass is 10.4. The lowest BCUT2D eigenvalue weighted by molar-refractivity contribution is -0.385. The van der Waals surface area contributed by atoms with E-state index in [1.807, 2.05) is 11.4 Å². The van der Waals surface area contributed by atoms with Crippen LogP contribution in [-0.2, 0) is 6.61 Å². The number of nitrogen functional groups attached to an aromatic ring is 2. The highest BCUT2D eigenvalue weighted by molar-refractivity contribution is 9.10. The molecule has 0 fully saturated rings. The normalized spacial score (nSPS) is 10.4. The van der Waals surface area contributed by atoms with E-state index in [0.717, 1.165) is 9.35 Å². The van der Waals surface area contributed by atoms with Gasteiger partial charge in [0.05, 0.1) is 4.92 Å². The number of thiophene rings is 1. The Bertz CT molecular complexity index is 632. The van der Waals surface area contributed by atoms with E-state index in [0.29, 0.717) is 0 Å². The van der Waals surface area contributed by atoms with Gasteiger partial charge in [-0.05, 0) is 22.0 Å². The van der Waals surface area contributed by atoms with Crippen LogP contribution in [0.3, 0.4) is 0 Å². The van der Waals surface area contributed by atoms with Gasteiger partial charge in [0.15, 0.2) is 0 Å². The Morgan fingerprint density at radius 3 is 2.79 bits per heavy atom. The summed E-state index contributed by atoms with van der Waals surface area (Å²) in [5, 5.41) is 12.8. The number of anilines is 2. The summed E-state index contributed by atoms with van der Waals surface area (Å²) in [5.74, 6) is -0.732. The molecule has 2 aromatic rings. The van der Waals surface area contributed by atoms with Crippen molar-refractivity contribution in [3.8, 4) is 5.88 Å². The first kappa shape index (κ1) is 13.5. The second kappa shape index (κ2) is 5.36. The van der Waals surface area contributed by atoms with Gasteiger partial charge in [-0.3, -0.25) is 10.1 Å². The number of halogens is 1. The fraction of sp³-hybridized carbons (Fsp3) is 0.111. The van der Waals surface area contributed by atoms with E-state index >= 15 is 0 Å². The van der Waals surface area contributed by atoms with Crippen molar-refractivity contribution >= 4 is 44.7 Å². The van der Waals surface area contributed by atoms with Crippen molar-refractivity contribution in [2.75, 3.05) is 11.5 Å². The second-order valence-corrected chi connectivity index (χ2v) is 5.31. The van der Waals surface area contributed by atoms with Gasteiger partial charge in [0.2, 0.25) is 11.8 Å². The van der Waals surface area contributed by atoms with E-state index in [4.69, 9.17) is 16.2 Å².